The minimum Gasteiger partial charge on any atom is -0.367 e. The number of fused-ring (bicyclic) bond motifs is 3. The number of thioether (sulfide) groups is 1. The number of rotatable bonds is 2. The molecule has 0 amide bonds. The largest absolute Gasteiger partial charge is 0.367 e. The van der Waals surface area contributed by atoms with E-state index in [0.717, 1.165) is 42.3 Å². The van der Waals surface area contributed by atoms with E-state index in [0.29, 0.717) is 12.0 Å². The summed E-state index contributed by atoms with van der Waals surface area (Å²) in [5.41, 5.74) is 7.47. The van der Waals surface area contributed by atoms with Gasteiger partial charge in [-0.15, -0.1) is 0 Å². The van der Waals surface area contributed by atoms with Gasteiger partial charge in [-0.2, -0.15) is 11.8 Å². The fraction of sp³-hybridized carbons (Fsp3) is 0.429. The van der Waals surface area contributed by atoms with Crippen LogP contribution in [0.3, 0.4) is 0 Å². The number of hydrogen-bond acceptors (Lipinski definition) is 4. The van der Waals surface area contributed by atoms with Crippen molar-refractivity contribution in [2.24, 2.45) is 0 Å². The Bertz CT molecular complexity index is 853. The number of hydrogen-bond donors (Lipinski definition) is 2. The molecular formula is C21H24FN3S. The third-order valence-electron chi connectivity index (χ3n) is 5.95. The van der Waals surface area contributed by atoms with Crippen molar-refractivity contribution >= 4 is 28.8 Å². The van der Waals surface area contributed by atoms with Gasteiger partial charge in [0.2, 0.25) is 0 Å². The third kappa shape index (κ3) is 2.69. The second kappa shape index (κ2) is 6.46. The van der Waals surface area contributed by atoms with E-state index in [1.165, 1.54) is 35.1 Å². The minimum atomic E-state index is -0.184. The molecule has 1 fully saturated rings. The van der Waals surface area contributed by atoms with Crippen molar-refractivity contribution in [1.29, 1.82) is 0 Å². The number of anilines is 3. The van der Waals surface area contributed by atoms with E-state index in [2.05, 4.69) is 27.7 Å². The minimum absolute atomic E-state index is 0.184. The van der Waals surface area contributed by atoms with Crippen LogP contribution >= 0.6 is 11.8 Å². The molecule has 3 aliphatic rings. The molecule has 3 aliphatic heterocycles. The quantitative estimate of drug-likeness (QED) is 0.821. The molecule has 0 aliphatic carbocycles. The molecule has 3 heterocycles. The van der Waals surface area contributed by atoms with Crippen LogP contribution < -0.4 is 15.5 Å². The standard InChI is InChI=1S/C21H24FN3S/c1-13-8-15(22)2-3-19(13)24-16-9-14-12-26-7-6-25-20-4-5-23-11-18(20)17(10-16)21(14)25/h2-3,8-10,18,20,23-24H,4-7,11-12H2,1H3/t18-,20-/m0/s1. The smallest absolute Gasteiger partial charge is 0.123 e. The van der Waals surface area contributed by atoms with E-state index in [1.807, 2.05) is 24.8 Å². The van der Waals surface area contributed by atoms with Crippen molar-refractivity contribution in [3.63, 3.8) is 0 Å². The zero-order valence-electron chi connectivity index (χ0n) is 15.0. The van der Waals surface area contributed by atoms with Crippen molar-refractivity contribution in [1.82, 2.24) is 5.32 Å². The predicted molar refractivity (Wildman–Crippen MR) is 108 cm³/mol. The molecule has 5 heteroatoms. The summed E-state index contributed by atoms with van der Waals surface area (Å²) in [6.45, 7) is 5.30. The van der Waals surface area contributed by atoms with Gasteiger partial charge in [0.15, 0.2) is 0 Å². The molecule has 1 saturated heterocycles. The second-order valence-electron chi connectivity index (χ2n) is 7.57. The summed E-state index contributed by atoms with van der Waals surface area (Å²) in [6.07, 6.45) is 1.23. The van der Waals surface area contributed by atoms with Crippen LogP contribution in [0.15, 0.2) is 30.3 Å². The third-order valence-corrected chi connectivity index (χ3v) is 6.94. The number of benzene rings is 2. The SMILES string of the molecule is Cc1cc(F)ccc1Nc1cc2c3c(c1)[C@@H]1CNCC[C@@H]1N3CCSC2. The predicted octanol–water partition coefficient (Wildman–Crippen LogP) is 4.39. The lowest BCUT2D eigenvalue weighted by molar-refractivity contribution is 0.406. The van der Waals surface area contributed by atoms with Gasteiger partial charge >= 0.3 is 0 Å². The number of nitrogens with zero attached hydrogens (tertiary/aromatic N) is 1. The number of halogens is 1. The molecule has 2 aromatic carbocycles. The fourth-order valence-corrected chi connectivity index (χ4v) is 5.69. The van der Waals surface area contributed by atoms with Crippen molar-refractivity contribution in [2.45, 2.75) is 31.1 Å². The van der Waals surface area contributed by atoms with E-state index in [1.54, 1.807) is 6.07 Å². The van der Waals surface area contributed by atoms with Gasteiger partial charge in [0.25, 0.3) is 0 Å². The van der Waals surface area contributed by atoms with Crippen molar-refractivity contribution in [3.05, 3.63) is 52.8 Å². The highest BCUT2D eigenvalue weighted by atomic mass is 32.2. The van der Waals surface area contributed by atoms with E-state index in [4.69, 9.17) is 0 Å². The molecule has 0 bridgehead atoms. The maximum Gasteiger partial charge on any atom is 0.123 e. The molecule has 0 saturated carbocycles. The highest BCUT2D eigenvalue weighted by molar-refractivity contribution is 7.98. The van der Waals surface area contributed by atoms with Crippen LogP contribution in [-0.2, 0) is 5.75 Å². The van der Waals surface area contributed by atoms with Crippen LogP contribution in [0.2, 0.25) is 0 Å². The summed E-state index contributed by atoms with van der Waals surface area (Å²) < 4.78 is 13.4. The zero-order valence-corrected chi connectivity index (χ0v) is 15.8. The number of nitrogens with one attached hydrogen (secondary N) is 2. The summed E-state index contributed by atoms with van der Waals surface area (Å²) in [6, 6.07) is 10.2. The topological polar surface area (TPSA) is 27.3 Å². The Morgan fingerprint density at radius 1 is 1.27 bits per heavy atom. The summed E-state index contributed by atoms with van der Waals surface area (Å²) in [4.78, 5) is 2.68. The average Bonchev–Trinajstić information content (AvgIpc) is 2.80. The van der Waals surface area contributed by atoms with Crippen molar-refractivity contribution < 1.29 is 4.39 Å². The van der Waals surface area contributed by atoms with Gasteiger partial charge in [-0.3, -0.25) is 0 Å². The van der Waals surface area contributed by atoms with Crippen molar-refractivity contribution in [3.8, 4) is 0 Å². The van der Waals surface area contributed by atoms with E-state index in [-0.39, 0.29) is 5.82 Å². The molecule has 26 heavy (non-hydrogen) atoms. The highest BCUT2D eigenvalue weighted by Gasteiger charge is 2.41. The summed E-state index contributed by atoms with van der Waals surface area (Å²) >= 11 is 2.03. The highest BCUT2D eigenvalue weighted by Crippen LogP contribution is 2.48. The molecule has 2 aromatic rings. The summed E-state index contributed by atoms with van der Waals surface area (Å²) in [5, 5.41) is 7.13. The lowest BCUT2D eigenvalue weighted by Crippen LogP contribution is -2.44. The van der Waals surface area contributed by atoms with Crippen LogP contribution in [0.1, 0.15) is 29.0 Å². The first kappa shape index (κ1) is 16.5. The van der Waals surface area contributed by atoms with Gasteiger partial charge in [0.05, 0.1) is 0 Å². The maximum absolute atomic E-state index is 13.4. The van der Waals surface area contributed by atoms with Gasteiger partial charge in [-0.05, 0) is 66.9 Å². The first-order chi connectivity index (χ1) is 12.7. The first-order valence-electron chi connectivity index (χ1n) is 9.46. The van der Waals surface area contributed by atoms with Gasteiger partial charge in [0, 0.05) is 53.6 Å². The Morgan fingerprint density at radius 2 is 2.19 bits per heavy atom. The molecule has 0 spiro atoms. The van der Waals surface area contributed by atoms with Crippen LogP contribution in [0.4, 0.5) is 21.5 Å². The zero-order chi connectivity index (χ0) is 17.7. The molecule has 0 radical (unpaired) electrons. The van der Waals surface area contributed by atoms with Crippen molar-refractivity contribution in [2.75, 3.05) is 35.6 Å². The van der Waals surface area contributed by atoms with Crippen LogP contribution in [0.25, 0.3) is 0 Å². The van der Waals surface area contributed by atoms with Gasteiger partial charge in [-0.25, -0.2) is 4.39 Å². The normalized spacial score (nSPS) is 24.0. The van der Waals surface area contributed by atoms with E-state index < -0.39 is 0 Å². The lowest BCUT2D eigenvalue weighted by atomic mass is 9.89. The molecule has 5 rings (SSSR count). The Morgan fingerprint density at radius 3 is 3.08 bits per heavy atom. The first-order valence-corrected chi connectivity index (χ1v) is 10.6. The summed E-state index contributed by atoms with van der Waals surface area (Å²) in [7, 11) is 0. The molecule has 3 nitrogen and oxygen atoms in total. The Kier molecular flexibility index (Phi) is 4.09. The van der Waals surface area contributed by atoms with E-state index in [9.17, 15) is 4.39 Å². The van der Waals surface area contributed by atoms with Crippen LogP contribution in [0.5, 0.6) is 0 Å². The Labute approximate surface area is 158 Å². The summed E-state index contributed by atoms with van der Waals surface area (Å²) in [5.74, 6) is 2.67. The number of piperidine rings is 1. The molecular weight excluding hydrogens is 345 g/mol. The second-order valence-corrected chi connectivity index (χ2v) is 8.68. The Hall–Kier alpha value is -1.72. The lowest BCUT2D eigenvalue weighted by Gasteiger charge is -2.33. The molecule has 0 aromatic heterocycles. The van der Waals surface area contributed by atoms with Gasteiger partial charge in [0.1, 0.15) is 5.82 Å². The molecule has 136 valence electrons. The van der Waals surface area contributed by atoms with Crippen LogP contribution in [0, 0.1) is 12.7 Å². The van der Waals surface area contributed by atoms with Crippen LogP contribution in [-0.4, -0.2) is 31.4 Å². The molecule has 2 atom stereocenters. The van der Waals surface area contributed by atoms with Gasteiger partial charge in [-0.1, -0.05) is 0 Å². The Balaban J connectivity index is 1.57. The molecule has 2 N–H and O–H groups in total. The fourth-order valence-electron chi connectivity index (χ4n) is 4.78. The molecule has 0 unspecified atom stereocenters. The van der Waals surface area contributed by atoms with E-state index >= 15 is 0 Å². The average molecular weight is 370 g/mol. The monoisotopic (exact) mass is 369 g/mol. The number of aryl methyl sites for hydroxylation is 1. The van der Waals surface area contributed by atoms with Gasteiger partial charge < -0.3 is 15.5 Å². The maximum atomic E-state index is 13.4.